The first kappa shape index (κ1) is 46.2. The second-order valence-corrected chi connectivity index (χ2v) is 8.62. The molecular weight excluding hydrogens is 661 g/mol. The van der Waals surface area contributed by atoms with Crippen molar-refractivity contribution in [2.75, 3.05) is 19.6 Å². The second kappa shape index (κ2) is 21.5. The summed E-state index contributed by atoms with van der Waals surface area (Å²) in [5.74, 6) is -8.52. The van der Waals surface area contributed by atoms with Crippen LogP contribution < -0.4 is 22.5 Å². The standard InChI is InChI=1S/C17H29N5O3.3C2HF3O2/c18-11-1-8-17(9-2-12-19,10-3-13-20)21-16(23)14-4-6-15(7-5-14)22(24)25;3*3-2(4,5)1(6)7/h4-7H,1-3,8-13,18-20H2,(H,21,23);3*(H,6,7). The Hall–Kier alpha value is -4.25. The van der Waals surface area contributed by atoms with E-state index in [2.05, 4.69) is 5.32 Å². The smallest absolute Gasteiger partial charge is 0.475 e. The van der Waals surface area contributed by atoms with Gasteiger partial charge in [0.1, 0.15) is 0 Å². The number of rotatable bonds is 12. The summed E-state index contributed by atoms with van der Waals surface area (Å²) in [5, 5.41) is 35.2. The predicted molar refractivity (Wildman–Crippen MR) is 139 cm³/mol. The number of alkyl halides is 9. The largest absolute Gasteiger partial charge is 0.490 e. The number of carboxylic acids is 3. The summed E-state index contributed by atoms with van der Waals surface area (Å²) in [4.78, 5) is 49.6. The van der Waals surface area contributed by atoms with Crippen molar-refractivity contribution in [3.8, 4) is 0 Å². The van der Waals surface area contributed by atoms with Gasteiger partial charge in [0, 0.05) is 23.2 Å². The fourth-order valence-electron chi connectivity index (χ4n) is 2.93. The van der Waals surface area contributed by atoms with Gasteiger partial charge in [0.15, 0.2) is 0 Å². The van der Waals surface area contributed by atoms with Crippen LogP contribution in [0, 0.1) is 10.1 Å². The predicted octanol–water partition coefficient (Wildman–Crippen LogP) is 3.18. The van der Waals surface area contributed by atoms with Crippen molar-refractivity contribution in [1.82, 2.24) is 5.32 Å². The summed E-state index contributed by atoms with van der Waals surface area (Å²) in [5.41, 5.74) is 16.9. The van der Waals surface area contributed by atoms with Gasteiger partial charge in [-0.1, -0.05) is 0 Å². The van der Waals surface area contributed by atoms with Crippen LogP contribution in [-0.2, 0) is 14.4 Å². The van der Waals surface area contributed by atoms with E-state index in [1.165, 1.54) is 24.3 Å². The highest BCUT2D eigenvalue weighted by Crippen LogP contribution is 2.26. The van der Waals surface area contributed by atoms with Gasteiger partial charge in [0.2, 0.25) is 0 Å². The molecule has 1 aromatic carbocycles. The third-order valence-corrected chi connectivity index (χ3v) is 5.02. The molecule has 1 aromatic rings. The van der Waals surface area contributed by atoms with E-state index in [-0.39, 0.29) is 11.6 Å². The Morgan fingerprint density at radius 2 is 0.913 bits per heavy atom. The molecule has 46 heavy (non-hydrogen) atoms. The van der Waals surface area contributed by atoms with Crippen LogP contribution in [0.4, 0.5) is 45.2 Å². The number of amides is 1. The molecule has 0 saturated carbocycles. The van der Waals surface area contributed by atoms with E-state index in [0.29, 0.717) is 25.2 Å². The molecule has 0 heterocycles. The number of nitro groups is 1. The van der Waals surface area contributed by atoms with Crippen LogP contribution in [0.3, 0.4) is 0 Å². The third kappa shape index (κ3) is 22.3. The first-order chi connectivity index (χ1) is 20.8. The number of nitrogens with zero attached hydrogens (tertiary/aromatic N) is 1. The molecule has 0 bridgehead atoms. The van der Waals surface area contributed by atoms with Gasteiger partial charge < -0.3 is 37.8 Å². The van der Waals surface area contributed by atoms with Crippen LogP contribution in [0.1, 0.15) is 48.9 Å². The van der Waals surface area contributed by atoms with Gasteiger partial charge in [-0.05, 0) is 70.3 Å². The van der Waals surface area contributed by atoms with Crippen LogP contribution in [0.25, 0.3) is 0 Å². The van der Waals surface area contributed by atoms with Crippen molar-refractivity contribution >= 4 is 29.5 Å². The Kier molecular flexibility index (Phi) is 21.6. The highest BCUT2D eigenvalue weighted by atomic mass is 19.4. The molecule has 0 spiro atoms. The molecular formula is C23H32F9N5O9. The average molecular weight is 694 g/mol. The highest BCUT2D eigenvalue weighted by Gasteiger charge is 2.39. The van der Waals surface area contributed by atoms with Gasteiger partial charge in [-0.15, -0.1) is 0 Å². The minimum atomic E-state index is -5.08. The van der Waals surface area contributed by atoms with Crippen LogP contribution in [0.15, 0.2) is 24.3 Å². The topological polar surface area (TPSA) is 262 Å². The molecule has 0 aliphatic rings. The van der Waals surface area contributed by atoms with E-state index in [4.69, 9.17) is 46.9 Å². The van der Waals surface area contributed by atoms with Crippen molar-refractivity contribution in [2.45, 2.75) is 62.6 Å². The number of hydrogen-bond acceptors (Lipinski definition) is 9. The summed E-state index contributed by atoms with van der Waals surface area (Å²) in [6.07, 6.45) is -10.6. The number of halogens is 9. The first-order valence-electron chi connectivity index (χ1n) is 12.4. The number of non-ortho nitro benzene ring substituents is 1. The van der Waals surface area contributed by atoms with E-state index in [1.807, 2.05) is 0 Å². The molecule has 0 radical (unpaired) electrons. The van der Waals surface area contributed by atoms with E-state index in [0.717, 1.165) is 38.5 Å². The number of benzene rings is 1. The van der Waals surface area contributed by atoms with Gasteiger partial charge in [-0.3, -0.25) is 14.9 Å². The maximum atomic E-state index is 12.7. The molecule has 14 nitrogen and oxygen atoms in total. The number of hydrogen-bond donors (Lipinski definition) is 7. The first-order valence-corrected chi connectivity index (χ1v) is 12.4. The summed E-state index contributed by atoms with van der Waals surface area (Å²) < 4.78 is 95.2. The van der Waals surface area contributed by atoms with Gasteiger partial charge in [0.05, 0.1) is 4.92 Å². The minimum absolute atomic E-state index is 0.0443. The van der Waals surface area contributed by atoms with Crippen LogP contribution in [0.2, 0.25) is 0 Å². The molecule has 0 atom stereocenters. The summed E-state index contributed by atoms with van der Waals surface area (Å²) in [6.45, 7) is 1.63. The van der Waals surface area contributed by atoms with Crippen molar-refractivity contribution < 1.29 is 78.9 Å². The zero-order valence-electron chi connectivity index (χ0n) is 23.5. The lowest BCUT2D eigenvalue weighted by Crippen LogP contribution is -2.49. The molecule has 0 aromatic heterocycles. The number of carboxylic acid groups (broad SMARTS) is 3. The lowest BCUT2D eigenvalue weighted by molar-refractivity contribution is -0.384. The van der Waals surface area contributed by atoms with Gasteiger partial charge >= 0.3 is 36.4 Å². The Morgan fingerprint density at radius 1 is 0.652 bits per heavy atom. The van der Waals surface area contributed by atoms with Gasteiger partial charge in [-0.2, -0.15) is 39.5 Å². The number of nitrogens with two attached hydrogens (primary N) is 3. The van der Waals surface area contributed by atoms with E-state index in [9.17, 15) is 54.4 Å². The zero-order valence-corrected chi connectivity index (χ0v) is 23.5. The summed E-state index contributed by atoms with van der Waals surface area (Å²) in [6, 6.07) is 5.59. The second-order valence-electron chi connectivity index (χ2n) is 8.62. The minimum Gasteiger partial charge on any atom is -0.475 e. The molecule has 0 saturated heterocycles. The lowest BCUT2D eigenvalue weighted by atomic mass is 9.83. The quantitative estimate of drug-likeness (QED) is 0.0946. The molecule has 0 fully saturated rings. The molecule has 266 valence electrons. The lowest BCUT2D eigenvalue weighted by Gasteiger charge is -2.35. The van der Waals surface area contributed by atoms with Crippen molar-refractivity contribution in [3.63, 3.8) is 0 Å². The molecule has 10 N–H and O–H groups in total. The molecule has 23 heteroatoms. The summed E-state index contributed by atoms with van der Waals surface area (Å²) >= 11 is 0. The highest BCUT2D eigenvalue weighted by molar-refractivity contribution is 5.94. The van der Waals surface area contributed by atoms with Crippen molar-refractivity contribution in [2.24, 2.45) is 17.2 Å². The van der Waals surface area contributed by atoms with Crippen molar-refractivity contribution in [1.29, 1.82) is 0 Å². The van der Waals surface area contributed by atoms with E-state index in [1.54, 1.807) is 0 Å². The normalized spacial score (nSPS) is 11.3. The number of aliphatic carboxylic acids is 3. The molecule has 0 aliphatic heterocycles. The van der Waals surface area contributed by atoms with Gasteiger partial charge in [0.25, 0.3) is 11.6 Å². The monoisotopic (exact) mass is 693 g/mol. The number of nitrogens with one attached hydrogen (secondary N) is 1. The van der Waals surface area contributed by atoms with Crippen LogP contribution in [-0.4, -0.2) is 87.8 Å². The Morgan fingerprint density at radius 3 is 1.11 bits per heavy atom. The number of carbonyl (C=O) groups excluding carboxylic acids is 1. The maximum absolute atomic E-state index is 12.7. The van der Waals surface area contributed by atoms with Crippen LogP contribution in [0.5, 0.6) is 0 Å². The van der Waals surface area contributed by atoms with Crippen LogP contribution >= 0.6 is 0 Å². The average Bonchev–Trinajstić information content (AvgIpc) is 2.93. The SMILES string of the molecule is NCCCC(CCCN)(CCCN)NC(=O)c1ccc([N+](=O)[O-])cc1.O=C(O)C(F)(F)F.O=C(O)C(F)(F)F.O=C(O)C(F)(F)F. The van der Waals surface area contributed by atoms with E-state index < -0.39 is 46.9 Å². The molecule has 1 amide bonds. The summed E-state index contributed by atoms with van der Waals surface area (Å²) in [7, 11) is 0. The Labute approximate surface area is 253 Å². The van der Waals surface area contributed by atoms with E-state index >= 15 is 0 Å². The fraction of sp³-hybridized carbons (Fsp3) is 0.565. The maximum Gasteiger partial charge on any atom is 0.490 e. The zero-order chi connectivity index (χ0) is 36.9. The molecule has 1 rings (SSSR count). The van der Waals surface area contributed by atoms with Crippen molar-refractivity contribution in [3.05, 3.63) is 39.9 Å². The Balaban J connectivity index is -0.000000710. The van der Waals surface area contributed by atoms with Gasteiger partial charge in [-0.25, -0.2) is 14.4 Å². The fourth-order valence-corrected chi connectivity index (χ4v) is 2.93. The number of carbonyl (C=O) groups is 4. The Bertz CT molecular complexity index is 1020. The third-order valence-electron chi connectivity index (χ3n) is 5.02. The molecule has 0 aliphatic carbocycles. The molecule has 0 unspecified atom stereocenters. The number of nitro benzene ring substituents is 1.